The van der Waals surface area contributed by atoms with E-state index in [9.17, 15) is 18.0 Å². The third-order valence-electron chi connectivity index (χ3n) is 5.62. The van der Waals surface area contributed by atoms with E-state index in [1.165, 1.54) is 6.07 Å². The molecule has 0 saturated carbocycles. The molecule has 1 aromatic carbocycles. The minimum atomic E-state index is -4.40. The number of alkyl halides is 3. The molecule has 1 fully saturated rings. The van der Waals surface area contributed by atoms with Crippen LogP contribution in [0.25, 0.3) is 0 Å². The van der Waals surface area contributed by atoms with E-state index in [1.54, 1.807) is 0 Å². The number of benzene rings is 1. The first-order chi connectivity index (χ1) is 14.7. The number of amides is 1. The molecule has 0 unspecified atom stereocenters. The van der Waals surface area contributed by atoms with Crippen LogP contribution >= 0.6 is 11.6 Å². The predicted octanol–water partition coefficient (Wildman–Crippen LogP) is 4.39. The van der Waals surface area contributed by atoms with E-state index in [1.807, 2.05) is 48.2 Å². The molecule has 2 heterocycles. The van der Waals surface area contributed by atoms with Crippen molar-refractivity contribution in [2.24, 2.45) is 5.92 Å². The molecule has 1 N–H and O–H groups in total. The molecule has 1 aliphatic rings. The average Bonchev–Trinajstić information content (AvgIpc) is 2.74. The van der Waals surface area contributed by atoms with E-state index >= 15 is 0 Å². The van der Waals surface area contributed by atoms with Crippen LogP contribution in [0, 0.1) is 5.92 Å². The lowest BCUT2D eigenvalue weighted by atomic mass is 9.95. The summed E-state index contributed by atoms with van der Waals surface area (Å²) in [6, 6.07) is 9.95. The number of nitrogens with zero attached hydrogens (tertiary/aromatic N) is 3. The number of halogens is 4. The summed E-state index contributed by atoms with van der Waals surface area (Å²) >= 11 is 6.32. The fraction of sp³-hybridized carbons (Fsp3) is 0.455. The Bertz CT molecular complexity index is 881. The number of hydrogen-bond donors (Lipinski definition) is 1. The molecule has 1 atom stereocenters. The van der Waals surface area contributed by atoms with E-state index in [-0.39, 0.29) is 17.9 Å². The van der Waals surface area contributed by atoms with Gasteiger partial charge in [-0.3, -0.25) is 4.79 Å². The Morgan fingerprint density at radius 2 is 1.90 bits per heavy atom. The maximum absolute atomic E-state index is 12.7. The summed E-state index contributed by atoms with van der Waals surface area (Å²) in [4.78, 5) is 20.6. The first-order valence-electron chi connectivity index (χ1n) is 10.1. The van der Waals surface area contributed by atoms with E-state index in [4.69, 9.17) is 11.6 Å². The van der Waals surface area contributed by atoms with E-state index in [0.29, 0.717) is 43.3 Å². The largest absolute Gasteiger partial charge is 0.417 e. The Hall–Kier alpha value is -2.32. The van der Waals surface area contributed by atoms with Crippen LogP contribution in [-0.4, -0.2) is 49.5 Å². The number of carbonyl (C=O) groups excluding carboxylic acids is 1. The molecule has 1 amide bonds. The van der Waals surface area contributed by atoms with Gasteiger partial charge in [0.2, 0.25) is 5.91 Å². The molecule has 2 aromatic rings. The summed E-state index contributed by atoms with van der Waals surface area (Å²) in [5.74, 6) is 0.344. The van der Waals surface area contributed by atoms with Crippen molar-refractivity contribution in [2.75, 3.05) is 38.6 Å². The van der Waals surface area contributed by atoms with Gasteiger partial charge in [0.05, 0.1) is 11.6 Å². The maximum Gasteiger partial charge on any atom is 0.417 e. The third-order valence-corrected chi connectivity index (χ3v) is 5.97. The molecule has 1 aromatic heterocycles. The minimum Gasteiger partial charge on any atom is -0.357 e. The lowest BCUT2D eigenvalue weighted by Gasteiger charge is -2.33. The Kier molecular flexibility index (Phi) is 7.43. The Labute approximate surface area is 185 Å². The van der Waals surface area contributed by atoms with Gasteiger partial charge in [-0.25, -0.2) is 4.98 Å². The summed E-state index contributed by atoms with van der Waals surface area (Å²) in [6.45, 7) is 1.58. The molecule has 0 spiro atoms. The SMILES string of the molecule is CN(C)[C@@H](CNC(=O)C1CCN(c2ccc(C(F)(F)F)cn2)CC1)c1ccccc1Cl. The standard InChI is InChI=1S/C22H26ClF3N4O/c1-29(2)19(17-5-3-4-6-18(17)23)14-28-21(31)15-9-11-30(12-10-15)20-8-7-16(13-27-20)22(24,25)26/h3-8,13,15,19H,9-12,14H2,1-2H3,(H,28,31)/t19-/m0/s1. The topological polar surface area (TPSA) is 48.5 Å². The number of rotatable bonds is 6. The highest BCUT2D eigenvalue weighted by Gasteiger charge is 2.31. The summed E-state index contributed by atoms with van der Waals surface area (Å²) in [7, 11) is 3.88. The number of nitrogens with one attached hydrogen (secondary N) is 1. The molecule has 0 aliphatic carbocycles. The number of carbonyl (C=O) groups is 1. The number of piperidine rings is 1. The zero-order valence-electron chi connectivity index (χ0n) is 17.5. The summed E-state index contributed by atoms with van der Waals surface area (Å²) in [6.07, 6.45) is -2.31. The molecule has 3 rings (SSSR count). The Balaban J connectivity index is 1.53. The molecule has 0 radical (unpaired) electrons. The van der Waals surface area contributed by atoms with Crippen molar-refractivity contribution in [3.63, 3.8) is 0 Å². The zero-order valence-corrected chi connectivity index (χ0v) is 18.2. The number of hydrogen-bond acceptors (Lipinski definition) is 4. The van der Waals surface area contributed by atoms with Gasteiger partial charge in [-0.1, -0.05) is 29.8 Å². The van der Waals surface area contributed by atoms with Crippen LogP contribution in [-0.2, 0) is 11.0 Å². The Morgan fingerprint density at radius 1 is 1.23 bits per heavy atom. The highest BCUT2D eigenvalue weighted by molar-refractivity contribution is 6.31. The first kappa shape index (κ1) is 23.3. The lowest BCUT2D eigenvalue weighted by molar-refractivity contribution is -0.137. The van der Waals surface area contributed by atoms with Gasteiger partial charge in [-0.2, -0.15) is 13.2 Å². The van der Waals surface area contributed by atoms with Crippen molar-refractivity contribution < 1.29 is 18.0 Å². The number of aromatic nitrogens is 1. The van der Waals surface area contributed by atoms with Crippen molar-refractivity contribution in [1.82, 2.24) is 15.2 Å². The van der Waals surface area contributed by atoms with Crippen molar-refractivity contribution >= 4 is 23.3 Å². The fourth-order valence-electron chi connectivity index (χ4n) is 3.77. The third kappa shape index (κ3) is 5.89. The number of likely N-dealkylation sites (N-methyl/N-ethyl adjacent to an activating group) is 1. The molecule has 9 heteroatoms. The van der Waals surface area contributed by atoms with Gasteiger partial charge in [0.1, 0.15) is 5.82 Å². The molecule has 31 heavy (non-hydrogen) atoms. The number of anilines is 1. The van der Waals surface area contributed by atoms with Crippen molar-refractivity contribution in [3.8, 4) is 0 Å². The highest BCUT2D eigenvalue weighted by Crippen LogP contribution is 2.30. The second-order valence-electron chi connectivity index (χ2n) is 7.91. The van der Waals surface area contributed by atoms with Crippen LogP contribution in [0.4, 0.5) is 19.0 Å². The van der Waals surface area contributed by atoms with Crippen LogP contribution in [0.1, 0.15) is 30.0 Å². The summed E-state index contributed by atoms with van der Waals surface area (Å²) < 4.78 is 38.1. The lowest BCUT2D eigenvalue weighted by Crippen LogP contribution is -2.43. The smallest absolute Gasteiger partial charge is 0.357 e. The molecule has 0 bridgehead atoms. The number of pyridine rings is 1. The van der Waals surface area contributed by atoms with Crippen LogP contribution in [0.3, 0.4) is 0 Å². The van der Waals surface area contributed by atoms with Gasteiger partial charge in [-0.15, -0.1) is 0 Å². The van der Waals surface area contributed by atoms with Crippen LogP contribution in [0.5, 0.6) is 0 Å². The second-order valence-corrected chi connectivity index (χ2v) is 8.32. The predicted molar refractivity (Wildman–Crippen MR) is 115 cm³/mol. The fourth-order valence-corrected chi connectivity index (χ4v) is 4.03. The van der Waals surface area contributed by atoms with Gasteiger partial charge in [-0.05, 0) is 50.7 Å². The van der Waals surface area contributed by atoms with Crippen molar-refractivity contribution in [3.05, 3.63) is 58.7 Å². The van der Waals surface area contributed by atoms with E-state index in [2.05, 4.69) is 10.3 Å². The monoisotopic (exact) mass is 454 g/mol. The van der Waals surface area contributed by atoms with Crippen molar-refractivity contribution in [1.29, 1.82) is 0 Å². The molecule has 1 saturated heterocycles. The van der Waals surface area contributed by atoms with Crippen molar-refractivity contribution in [2.45, 2.75) is 25.1 Å². The Morgan fingerprint density at radius 3 is 2.45 bits per heavy atom. The molecular formula is C22H26ClF3N4O. The molecule has 5 nitrogen and oxygen atoms in total. The summed E-state index contributed by atoms with van der Waals surface area (Å²) in [5, 5.41) is 3.70. The summed E-state index contributed by atoms with van der Waals surface area (Å²) in [5.41, 5.74) is 0.192. The molecular weight excluding hydrogens is 429 g/mol. The molecule has 1 aliphatic heterocycles. The zero-order chi connectivity index (χ0) is 22.6. The van der Waals surface area contributed by atoms with Gasteiger partial charge in [0.25, 0.3) is 0 Å². The van der Waals surface area contributed by atoms with Gasteiger partial charge < -0.3 is 15.1 Å². The van der Waals surface area contributed by atoms with E-state index < -0.39 is 11.7 Å². The quantitative estimate of drug-likeness (QED) is 0.703. The molecule has 168 valence electrons. The second kappa shape index (κ2) is 9.87. The normalized spacial score (nSPS) is 16.4. The van der Waals surface area contributed by atoms with Gasteiger partial charge in [0, 0.05) is 36.8 Å². The van der Waals surface area contributed by atoms with Crippen LogP contribution in [0.15, 0.2) is 42.6 Å². The maximum atomic E-state index is 12.7. The average molecular weight is 455 g/mol. The van der Waals surface area contributed by atoms with Crippen LogP contribution < -0.4 is 10.2 Å². The first-order valence-corrected chi connectivity index (χ1v) is 10.5. The van der Waals surface area contributed by atoms with E-state index in [0.717, 1.165) is 17.8 Å². The minimum absolute atomic E-state index is 0.0149. The van der Waals surface area contributed by atoms with Gasteiger partial charge >= 0.3 is 6.18 Å². The van der Waals surface area contributed by atoms with Crippen LogP contribution in [0.2, 0.25) is 5.02 Å². The van der Waals surface area contributed by atoms with Gasteiger partial charge in [0.15, 0.2) is 0 Å². The highest BCUT2D eigenvalue weighted by atomic mass is 35.5.